The molecule has 0 saturated carbocycles. The second kappa shape index (κ2) is 6.15. The van der Waals surface area contributed by atoms with Gasteiger partial charge in [-0.3, -0.25) is 10.1 Å². The van der Waals surface area contributed by atoms with Gasteiger partial charge in [0.25, 0.3) is 5.91 Å². The molecule has 1 amide bonds. The molecule has 0 radical (unpaired) electrons. The number of nitrogens with zero attached hydrogens (tertiary/aromatic N) is 4. The number of likely N-dealkylation sites (N-methyl/N-ethyl adjacent to an activating group) is 1. The highest BCUT2D eigenvalue weighted by Gasteiger charge is 2.21. The first-order chi connectivity index (χ1) is 10.2. The Kier molecular flexibility index (Phi) is 4.07. The van der Waals surface area contributed by atoms with E-state index < -0.39 is 0 Å². The fourth-order valence-corrected chi connectivity index (χ4v) is 2.58. The van der Waals surface area contributed by atoms with Crippen LogP contribution in [0.3, 0.4) is 0 Å². The largest absolute Gasteiger partial charge is 0.379 e. The van der Waals surface area contributed by atoms with E-state index in [4.69, 9.17) is 4.74 Å². The van der Waals surface area contributed by atoms with Crippen LogP contribution in [0, 0.1) is 0 Å². The first-order valence-corrected chi connectivity index (χ1v) is 7.46. The summed E-state index contributed by atoms with van der Waals surface area (Å²) in [5, 5.41) is 10.6. The number of anilines is 2. The number of pyridine rings is 1. The highest BCUT2D eigenvalue weighted by molar-refractivity contribution is 7.13. The minimum absolute atomic E-state index is 0.238. The van der Waals surface area contributed by atoms with Crippen LogP contribution in [0.1, 0.15) is 16.8 Å². The number of nitrogens with one attached hydrogen (secondary N) is 1. The molecular formula is C13H15N5O2S. The SMILES string of the molecule is CN(c1ccc(C(=O)Nc2nncs2)cn1)C1CCOC1. The number of ether oxygens (including phenoxy) is 1. The fourth-order valence-electron chi connectivity index (χ4n) is 2.14. The van der Waals surface area contributed by atoms with Crippen LogP contribution in [0.25, 0.3) is 0 Å². The van der Waals surface area contributed by atoms with Gasteiger partial charge >= 0.3 is 0 Å². The van der Waals surface area contributed by atoms with Crippen molar-refractivity contribution >= 4 is 28.2 Å². The van der Waals surface area contributed by atoms with Gasteiger partial charge in [0.1, 0.15) is 11.3 Å². The number of rotatable bonds is 4. The Hall–Kier alpha value is -2.06. The molecule has 0 spiro atoms. The van der Waals surface area contributed by atoms with Gasteiger partial charge in [0.2, 0.25) is 5.13 Å². The van der Waals surface area contributed by atoms with Crippen LogP contribution in [-0.4, -0.2) is 47.4 Å². The van der Waals surface area contributed by atoms with E-state index in [1.54, 1.807) is 17.8 Å². The lowest BCUT2D eigenvalue weighted by atomic mass is 10.2. The summed E-state index contributed by atoms with van der Waals surface area (Å²) in [4.78, 5) is 18.4. The summed E-state index contributed by atoms with van der Waals surface area (Å²) in [5.41, 5.74) is 2.06. The quantitative estimate of drug-likeness (QED) is 0.920. The van der Waals surface area contributed by atoms with Crippen molar-refractivity contribution < 1.29 is 9.53 Å². The topological polar surface area (TPSA) is 80.2 Å². The van der Waals surface area contributed by atoms with E-state index in [-0.39, 0.29) is 5.91 Å². The van der Waals surface area contributed by atoms with Crippen molar-refractivity contribution in [2.75, 3.05) is 30.5 Å². The number of aromatic nitrogens is 3. The van der Waals surface area contributed by atoms with E-state index in [0.717, 1.165) is 25.5 Å². The van der Waals surface area contributed by atoms with Crippen LogP contribution in [0.2, 0.25) is 0 Å². The molecule has 110 valence electrons. The monoisotopic (exact) mass is 305 g/mol. The fraction of sp³-hybridized carbons (Fsp3) is 0.385. The van der Waals surface area contributed by atoms with E-state index in [2.05, 4.69) is 25.4 Å². The van der Waals surface area contributed by atoms with E-state index >= 15 is 0 Å². The van der Waals surface area contributed by atoms with Gasteiger partial charge in [-0.25, -0.2) is 4.98 Å². The van der Waals surface area contributed by atoms with Crippen molar-refractivity contribution in [3.8, 4) is 0 Å². The lowest BCUT2D eigenvalue weighted by molar-refractivity contribution is 0.102. The van der Waals surface area contributed by atoms with Crippen LogP contribution in [0.5, 0.6) is 0 Å². The first kappa shape index (κ1) is 13.9. The Morgan fingerprint density at radius 1 is 1.52 bits per heavy atom. The standard InChI is InChI=1S/C13H15N5O2S/c1-18(10-4-5-20-7-10)11-3-2-9(6-14-11)12(19)16-13-17-15-8-21-13/h2-3,6,8,10H,4-5,7H2,1H3,(H,16,17,19). The van der Waals surface area contributed by atoms with Crippen molar-refractivity contribution in [1.82, 2.24) is 15.2 Å². The molecule has 1 unspecified atom stereocenters. The summed E-state index contributed by atoms with van der Waals surface area (Å²) >= 11 is 1.27. The van der Waals surface area contributed by atoms with Crippen molar-refractivity contribution in [3.05, 3.63) is 29.4 Å². The zero-order chi connectivity index (χ0) is 14.7. The maximum atomic E-state index is 12.0. The van der Waals surface area contributed by atoms with Gasteiger partial charge in [-0.05, 0) is 18.6 Å². The molecule has 0 bridgehead atoms. The molecule has 1 aliphatic heterocycles. The van der Waals surface area contributed by atoms with E-state index in [9.17, 15) is 4.79 Å². The summed E-state index contributed by atoms with van der Waals surface area (Å²) in [6.45, 7) is 1.51. The molecule has 7 nitrogen and oxygen atoms in total. The second-order valence-corrected chi connectivity index (χ2v) is 5.56. The lowest BCUT2D eigenvalue weighted by Crippen LogP contribution is -2.32. The molecule has 3 rings (SSSR count). The van der Waals surface area contributed by atoms with E-state index in [1.165, 1.54) is 11.3 Å². The van der Waals surface area contributed by atoms with Crippen molar-refractivity contribution in [2.45, 2.75) is 12.5 Å². The molecule has 1 saturated heterocycles. The Bertz CT molecular complexity index is 596. The summed E-state index contributed by atoms with van der Waals surface area (Å²) in [6, 6.07) is 3.94. The van der Waals surface area contributed by atoms with Gasteiger partial charge in [0.05, 0.1) is 18.2 Å². The molecule has 1 atom stereocenters. The number of carbonyl (C=O) groups excluding carboxylic acids is 1. The zero-order valence-electron chi connectivity index (χ0n) is 11.5. The minimum atomic E-state index is -0.238. The van der Waals surface area contributed by atoms with E-state index in [0.29, 0.717) is 16.7 Å². The van der Waals surface area contributed by atoms with Crippen LogP contribution >= 0.6 is 11.3 Å². The average molecular weight is 305 g/mol. The normalized spacial score (nSPS) is 17.7. The van der Waals surface area contributed by atoms with Crippen LogP contribution in [0.15, 0.2) is 23.8 Å². The van der Waals surface area contributed by atoms with Crippen LogP contribution in [0.4, 0.5) is 10.9 Å². The predicted octanol–water partition coefficient (Wildman–Crippen LogP) is 1.41. The first-order valence-electron chi connectivity index (χ1n) is 6.58. The van der Waals surface area contributed by atoms with Crippen molar-refractivity contribution in [3.63, 3.8) is 0 Å². The second-order valence-electron chi connectivity index (χ2n) is 4.73. The highest BCUT2D eigenvalue weighted by Crippen LogP contribution is 2.18. The smallest absolute Gasteiger partial charge is 0.259 e. The third kappa shape index (κ3) is 3.17. The van der Waals surface area contributed by atoms with Gasteiger partial charge in [0, 0.05) is 19.9 Å². The molecule has 21 heavy (non-hydrogen) atoms. The summed E-state index contributed by atoms with van der Waals surface area (Å²) in [7, 11) is 1.99. The van der Waals surface area contributed by atoms with Gasteiger partial charge in [-0.15, -0.1) is 10.2 Å². The third-order valence-electron chi connectivity index (χ3n) is 3.41. The molecule has 0 aromatic carbocycles. The summed E-state index contributed by atoms with van der Waals surface area (Å²) < 4.78 is 5.38. The lowest BCUT2D eigenvalue weighted by Gasteiger charge is -2.24. The molecule has 2 aromatic heterocycles. The minimum Gasteiger partial charge on any atom is -0.379 e. The number of hydrogen-bond donors (Lipinski definition) is 1. The molecule has 3 heterocycles. The van der Waals surface area contributed by atoms with Crippen LogP contribution < -0.4 is 10.2 Å². The maximum absolute atomic E-state index is 12.0. The van der Waals surface area contributed by atoms with Crippen molar-refractivity contribution in [2.24, 2.45) is 0 Å². The van der Waals surface area contributed by atoms with Gasteiger partial charge in [-0.2, -0.15) is 0 Å². The maximum Gasteiger partial charge on any atom is 0.259 e. The van der Waals surface area contributed by atoms with Crippen LogP contribution in [-0.2, 0) is 4.74 Å². The van der Waals surface area contributed by atoms with Gasteiger partial charge in [-0.1, -0.05) is 11.3 Å². The zero-order valence-corrected chi connectivity index (χ0v) is 12.3. The Morgan fingerprint density at radius 3 is 3.05 bits per heavy atom. The predicted molar refractivity (Wildman–Crippen MR) is 79.7 cm³/mol. The molecule has 8 heteroatoms. The average Bonchev–Trinajstić information content (AvgIpc) is 3.20. The number of hydrogen-bond acceptors (Lipinski definition) is 7. The Morgan fingerprint density at radius 2 is 2.43 bits per heavy atom. The molecule has 1 aliphatic rings. The van der Waals surface area contributed by atoms with E-state index in [1.807, 2.05) is 13.1 Å². The Labute approximate surface area is 126 Å². The van der Waals surface area contributed by atoms with Gasteiger partial charge in [0.15, 0.2) is 0 Å². The van der Waals surface area contributed by atoms with Gasteiger partial charge < -0.3 is 9.64 Å². The van der Waals surface area contributed by atoms with Crippen molar-refractivity contribution in [1.29, 1.82) is 0 Å². The Balaban J connectivity index is 1.67. The number of carbonyl (C=O) groups is 1. The third-order valence-corrected chi connectivity index (χ3v) is 4.01. The molecule has 1 N–H and O–H groups in total. The number of amides is 1. The molecular weight excluding hydrogens is 290 g/mol. The highest BCUT2D eigenvalue weighted by atomic mass is 32.1. The molecule has 1 fully saturated rings. The molecule has 0 aliphatic carbocycles. The summed E-state index contributed by atoms with van der Waals surface area (Å²) in [6.07, 6.45) is 2.56. The molecule has 2 aromatic rings. The summed E-state index contributed by atoms with van der Waals surface area (Å²) in [5.74, 6) is 0.593.